The third-order valence-corrected chi connectivity index (χ3v) is 4.58. The van der Waals surface area contributed by atoms with Crippen LogP contribution in [-0.2, 0) is 24.8 Å². The summed E-state index contributed by atoms with van der Waals surface area (Å²) in [5, 5.41) is 10.7. The van der Waals surface area contributed by atoms with E-state index in [0.29, 0.717) is 23.6 Å². The number of H-pyrrole nitrogens is 1. The first-order valence-corrected chi connectivity index (χ1v) is 8.95. The van der Waals surface area contributed by atoms with Crippen molar-refractivity contribution in [2.24, 2.45) is 7.05 Å². The van der Waals surface area contributed by atoms with Crippen LogP contribution >= 0.6 is 11.8 Å². The van der Waals surface area contributed by atoms with Gasteiger partial charge in [0.25, 0.3) is 10.8 Å². The fourth-order valence-corrected chi connectivity index (χ4v) is 2.89. The highest BCUT2D eigenvalue weighted by molar-refractivity contribution is 7.99. The molecule has 0 aliphatic heterocycles. The SMILES string of the molecule is Cc1[nH]c(=O)n(C)c(=O)c1Cc1nnc(SCC(=O)NCc2ccco2)o1. The topological polar surface area (TPSA) is 136 Å². The summed E-state index contributed by atoms with van der Waals surface area (Å²) in [6, 6.07) is 3.51. The Kier molecular flexibility index (Phi) is 5.60. The molecule has 27 heavy (non-hydrogen) atoms. The highest BCUT2D eigenvalue weighted by Crippen LogP contribution is 2.17. The molecular formula is C16H17N5O5S. The molecule has 0 aromatic carbocycles. The maximum Gasteiger partial charge on any atom is 0.328 e. The molecule has 3 aromatic rings. The number of carbonyl (C=O) groups is 1. The highest BCUT2D eigenvalue weighted by Gasteiger charge is 2.15. The molecule has 3 aromatic heterocycles. The van der Waals surface area contributed by atoms with Gasteiger partial charge in [0.05, 0.1) is 25.0 Å². The molecule has 1 amide bonds. The third-order valence-electron chi connectivity index (χ3n) is 3.76. The van der Waals surface area contributed by atoms with Crippen LogP contribution in [0.2, 0.25) is 0 Å². The highest BCUT2D eigenvalue weighted by atomic mass is 32.2. The van der Waals surface area contributed by atoms with Crippen LogP contribution in [0.15, 0.2) is 42.0 Å². The minimum atomic E-state index is -0.483. The fourth-order valence-electron chi connectivity index (χ4n) is 2.28. The zero-order valence-electron chi connectivity index (χ0n) is 14.6. The summed E-state index contributed by atoms with van der Waals surface area (Å²) >= 11 is 1.09. The minimum Gasteiger partial charge on any atom is -0.467 e. The zero-order valence-corrected chi connectivity index (χ0v) is 15.5. The predicted molar refractivity (Wildman–Crippen MR) is 95.4 cm³/mol. The second-order valence-corrected chi connectivity index (χ2v) is 6.61. The van der Waals surface area contributed by atoms with E-state index >= 15 is 0 Å². The van der Waals surface area contributed by atoms with Crippen LogP contribution in [0.5, 0.6) is 0 Å². The van der Waals surface area contributed by atoms with Crippen LogP contribution in [0.4, 0.5) is 0 Å². The number of nitrogens with one attached hydrogen (secondary N) is 2. The first-order valence-electron chi connectivity index (χ1n) is 7.97. The van der Waals surface area contributed by atoms with E-state index in [-0.39, 0.29) is 29.2 Å². The number of amides is 1. The maximum absolute atomic E-state index is 12.2. The van der Waals surface area contributed by atoms with Crippen molar-refractivity contribution >= 4 is 17.7 Å². The van der Waals surface area contributed by atoms with Gasteiger partial charge in [0.15, 0.2) is 0 Å². The number of hydrogen-bond acceptors (Lipinski definition) is 8. The van der Waals surface area contributed by atoms with E-state index in [4.69, 9.17) is 8.83 Å². The van der Waals surface area contributed by atoms with Crippen LogP contribution in [0.25, 0.3) is 0 Å². The van der Waals surface area contributed by atoms with Crippen LogP contribution in [0.3, 0.4) is 0 Å². The number of aromatic nitrogens is 4. The van der Waals surface area contributed by atoms with Crippen molar-refractivity contribution in [1.29, 1.82) is 0 Å². The van der Waals surface area contributed by atoms with Gasteiger partial charge in [0.2, 0.25) is 11.8 Å². The molecule has 3 heterocycles. The van der Waals surface area contributed by atoms with Gasteiger partial charge in [-0.05, 0) is 19.1 Å². The monoisotopic (exact) mass is 391 g/mol. The number of aromatic amines is 1. The molecule has 0 spiro atoms. The molecule has 0 aliphatic carbocycles. The average molecular weight is 391 g/mol. The predicted octanol–water partition coefficient (Wildman–Crippen LogP) is 0.357. The van der Waals surface area contributed by atoms with Crippen molar-refractivity contribution in [2.75, 3.05) is 5.75 Å². The van der Waals surface area contributed by atoms with Gasteiger partial charge in [-0.15, -0.1) is 10.2 Å². The van der Waals surface area contributed by atoms with Gasteiger partial charge < -0.3 is 19.1 Å². The second kappa shape index (κ2) is 8.08. The van der Waals surface area contributed by atoms with Crippen LogP contribution < -0.4 is 16.6 Å². The summed E-state index contributed by atoms with van der Waals surface area (Å²) in [5.74, 6) is 0.774. The Morgan fingerprint density at radius 1 is 1.37 bits per heavy atom. The van der Waals surface area contributed by atoms with Crippen molar-refractivity contribution in [2.45, 2.75) is 25.1 Å². The lowest BCUT2D eigenvalue weighted by atomic mass is 10.2. The number of nitrogens with zero attached hydrogens (tertiary/aromatic N) is 3. The van der Waals surface area contributed by atoms with Crippen molar-refractivity contribution < 1.29 is 13.6 Å². The Hall–Kier alpha value is -3.08. The molecule has 0 saturated heterocycles. The molecular weight excluding hydrogens is 374 g/mol. The molecule has 0 radical (unpaired) electrons. The number of rotatable bonds is 7. The van der Waals surface area contributed by atoms with Gasteiger partial charge in [-0.1, -0.05) is 11.8 Å². The molecule has 0 aliphatic rings. The normalized spacial score (nSPS) is 10.9. The molecule has 10 nitrogen and oxygen atoms in total. The van der Waals surface area contributed by atoms with Gasteiger partial charge in [-0.3, -0.25) is 14.2 Å². The largest absolute Gasteiger partial charge is 0.467 e. The smallest absolute Gasteiger partial charge is 0.328 e. The summed E-state index contributed by atoms with van der Waals surface area (Å²) in [5.41, 5.74) is -0.0779. The first kappa shape index (κ1) is 18.7. The van der Waals surface area contributed by atoms with E-state index in [1.165, 1.54) is 13.3 Å². The van der Waals surface area contributed by atoms with E-state index in [1.54, 1.807) is 19.1 Å². The molecule has 0 fully saturated rings. The number of aryl methyl sites for hydroxylation is 1. The lowest BCUT2D eigenvalue weighted by molar-refractivity contribution is -0.118. The maximum atomic E-state index is 12.2. The quantitative estimate of drug-likeness (QED) is 0.551. The standard InChI is InChI=1S/C16H17N5O5S/c1-9-11(14(23)21(2)15(24)18-9)6-13-19-20-16(26-13)27-8-12(22)17-7-10-4-3-5-25-10/h3-5H,6-8H2,1-2H3,(H,17,22)(H,18,24). The molecule has 0 bridgehead atoms. The molecule has 11 heteroatoms. The van der Waals surface area contributed by atoms with Gasteiger partial charge in [0.1, 0.15) is 5.76 Å². The number of thioether (sulfide) groups is 1. The van der Waals surface area contributed by atoms with Gasteiger partial charge in [-0.2, -0.15) is 0 Å². The van der Waals surface area contributed by atoms with E-state index in [2.05, 4.69) is 20.5 Å². The minimum absolute atomic E-state index is 0.0908. The Morgan fingerprint density at radius 3 is 2.93 bits per heavy atom. The summed E-state index contributed by atoms with van der Waals surface area (Å²) < 4.78 is 11.6. The van der Waals surface area contributed by atoms with Crippen LogP contribution in [0.1, 0.15) is 22.9 Å². The zero-order chi connectivity index (χ0) is 19.4. The molecule has 3 rings (SSSR count). The first-order chi connectivity index (χ1) is 12.9. The van der Waals surface area contributed by atoms with Crippen molar-refractivity contribution in [3.8, 4) is 0 Å². The molecule has 0 saturated carbocycles. The summed E-state index contributed by atoms with van der Waals surface area (Å²) in [6.07, 6.45) is 1.63. The Bertz CT molecular complexity index is 1050. The van der Waals surface area contributed by atoms with E-state index < -0.39 is 11.2 Å². The third kappa shape index (κ3) is 4.56. The summed E-state index contributed by atoms with van der Waals surface area (Å²) in [6.45, 7) is 1.93. The van der Waals surface area contributed by atoms with Crippen molar-refractivity contribution in [3.05, 3.63) is 62.1 Å². The van der Waals surface area contributed by atoms with Gasteiger partial charge >= 0.3 is 5.69 Å². The molecule has 142 valence electrons. The molecule has 0 unspecified atom stereocenters. The average Bonchev–Trinajstić information content (AvgIpc) is 3.32. The van der Waals surface area contributed by atoms with Gasteiger partial charge in [-0.25, -0.2) is 4.79 Å². The number of carbonyl (C=O) groups excluding carboxylic acids is 1. The summed E-state index contributed by atoms with van der Waals surface area (Å²) in [4.78, 5) is 38.2. The molecule has 0 atom stereocenters. The number of furan rings is 1. The van der Waals surface area contributed by atoms with Crippen molar-refractivity contribution in [3.63, 3.8) is 0 Å². The Morgan fingerprint density at radius 2 is 2.19 bits per heavy atom. The van der Waals surface area contributed by atoms with E-state index in [1.807, 2.05) is 0 Å². The Labute approximate surface area is 157 Å². The number of hydrogen-bond donors (Lipinski definition) is 2. The lowest BCUT2D eigenvalue weighted by Gasteiger charge is -2.04. The molecule has 2 N–H and O–H groups in total. The second-order valence-electron chi connectivity index (χ2n) is 5.68. The van der Waals surface area contributed by atoms with Crippen molar-refractivity contribution in [1.82, 2.24) is 25.1 Å². The fraction of sp³-hybridized carbons (Fsp3) is 0.312. The Balaban J connectivity index is 1.57. The summed E-state index contributed by atoms with van der Waals surface area (Å²) in [7, 11) is 1.39. The van der Waals surface area contributed by atoms with Crippen LogP contribution in [-0.4, -0.2) is 31.4 Å². The van der Waals surface area contributed by atoms with E-state index in [9.17, 15) is 14.4 Å². The van der Waals surface area contributed by atoms with Gasteiger partial charge in [0, 0.05) is 18.3 Å². The lowest BCUT2D eigenvalue weighted by Crippen LogP contribution is -2.36. The van der Waals surface area contributed by atoms with Crippen LogP contribution in [0, 0.1) is 6.92 Å². The van der Waals surface area contributed by atoms with E-state index in [0.717, 1.165) is 16.3 Å².